The molecule has 0 aromatic carbocycles. The SMILES string of the molecule is CC(C)(CCNC(=O)CCSSc1ccccn1)OCCC(C)(C)C(=O)ON1C(=O)CCC1=O. The third kappa shape index (κ3) is 9.63. The summed E-state index contributed by atoms with van der Waals surface area (Å²) in [6, 6.07) is 5.72. The first kappa shape index (κ1) is 28.1. The highest BCUT2D eigenvalue weighted by molar-refractivity contribution is 8.76. The van der Waals surface area contributed by atoms with Crippen LogP contribution in [0.4, 0.5) is 0 Å². The first-order valence-electron chi connectivity index (χ1n) is 11.2. The van der Waals surface area contributed by atoms with Gasteiger partial charge in [0.1, 0.15) is 5.03 Å². The molecule has 0 saturated carbocycles. The average Bonchev–Trinajstić information content (AvgIpc) is 3.09. The molecule has 0 atom stereocenters. The highest BCUT2D eigenvalue weighted by Gasteiger charge is 2.38. The van der Waals surface area contributed by atoms with E-state index in [1.165, 1.54) is 0 Å². The van der Waals surface area contributed by atoms with Crippen LogP contribution in [0.25, 0.3) is 0 Å². The zero-order valence-electron chi connectivity index (χ0n) is 20.1. The predicted molar refractivity (Wildman–Crippen MR) is 130 cm³/mol. The van der Waals surface area contributed by atoms with Crippen LogP contribution >= 0.6 is 21.6 Å². The highest BCUT2D eigenvalue weighted by Crippen LogP contribution is 2.29. The molecule has 1 aromatic rings. The molecule has 3 amide bonds. The molecule has 1 fully saturated rings. The van der Waals surface area contributed by atoms with Crippen LogP contribution in [-0.4, -0.2) is 58.2 Å². The van der Waals surface area contributed by atoms with E-state index >= 15 is 0 Å². The summed E-state index contributed by atoms with van der Waals surface area (Å²) < 4.78 is 5.94. The van der Waals surface area contributed by atoms with Gasteiger partial charge in [0.2, 0.25) is 5.91 Å². The quantitative estimate of drug-likeness (QED) is 0.227. The van der Waals surface area contributed by atoms with Crippen LogP contribution in [0.5, 0.6) is 0 Å². The second kappa shape index (κ2) is 13.1. The Morgan fingerprint density at radius 2 is 1.82 bits per heavy atom. The molecule has 9 nitrogen and oxygen atoms in total. The highest BCUT2D eigenvalue weighted by atomic mass is 33.1. The van der Waals surface area contributed by atoms with Crippen LogP contribution in [0.1, 0.15) is 59.8 Å². The number of carbonyl (C=O) groups is 4. The number of amides is 3. The molecule has 188 valence electrons. The van der Waals surface area contributed by atoms with Gasteiger partial charge in [-0.1, -0.05) is 16.9 Å². The van der Waals surface area contributed by atoms with Crippen molar-refractivity contribution >= 4 is 45.3 Å². The Labute approximate surface area is 208 Å². The zero-order valence-corrected chi connectivity index (χ0v) is 21.8. The van der Waals surface area contributed by atoms with E-state index in [1.54, 1.807) is 41.6 Å². The smallest absolute Gasteiger partial charge is 0.338 e. The molecule has 0 unspecified atom stereocenters. The number of hydrogen-bond donors (Lipinski definition) is 1. The summed E-state index contributed by atoms with van der Waals surface area (Å²) in [6.07, 6.45) is 3.24. The molecule has 2 rings (SSSR count). The van der Waals surface area contributed by atoms with Gasteiger partial charge in [-0.15, -0.1) is 5.06 Å². The van der Waals surface area contributed by atoms with E-state index in [9.17, 15) is 19.2 Å². The lowest BCUT2D eigenvalue weighted by Gasteiger charge is -2.29. The van der Waals surface area contributed by atoms with E-state index in [0.29, 0.717) is 36.6 Å². The molecule has 34 heavy (non-hydrogen) atoms. The van der Waals surface area contributed by atoms with Crippen LogP contribution in [0.15, 0.2) is 29.4 Å². The Hall–Kier alpha value is -2.11. The number of nitrogens with zero attached hydrogens (tertiary/aromatic N) is 2. The Bertz CT molecular complexity index is 848. The molecule has 0 radical (unpaired) electrons. The standard InChI is InChI=1S/C23H33N3O6S2/c1-22(2,21(30)32-26-19(28)8-9-20(26)29)12-15-31-23(3,4)11-14-24-17(27)10-16-33-34-18-7-5-6-13-25-18/h5-7,13H,8-12,14-16H2,1-4H3,(H,24,27). The number of hydroxylamine groups is 2. The molecule has 1 aromatic heterocycles. The molecular formula is C23H33N3O6S2. The van der Waals surface area contributed by atoms with Gasteiger partial charge < -0.3 is 14.9 Å². The maximum absolute atomic E-state index is 12.4. The summed E-state index contributed by atoms with van der Waals surface area (Å²) in [4.78, 5) is 57.0. The van der Waals surface area contributed by atoms with Crippen molar-refractivity contribution in [3.8, 4) is 0 Å². The second-order valence-electron chi connectivity index (χ2n) is 9.13. The molecule has 2 heterocycles. The summed E-state index contributed by atoms with van der Waals surface area (Å²) >= 11 is 0. The Balaban J connectivity index is 1.60. The lowest BCUT2D eigenvalue weighted by molar-refractivity contribution is -0.205. The predicted octanol–water partition coefficient (Wildman–Crippen LogP) is 3.54. The van der Waals surface area contributed by atoms with Gasteiger partial charge in [0.15, 0.2) is 0 Å². The minimum Gasteiger partial charge on any atom is -0.375 e. The van der Waals surface area contributed by atoms with E-state index < -0.39 is 28.8 Å². The third-order valence-corrected chi connectivity index (χ3v) is 7.46. The van der Waals surface area contributed by atoms with Gasteiger partial charge in [0.05, 0.1) is 11.0 Å². The van der Waals surface area contributed by atoms with Crippen molar-refractivity contribution in [3.63, 3.8) is 0 Å². The number of nitrogens with one attached hydrogen (secondary N) is 1. The molecule has 0 aliphatic carbocycles. The van der Waals surface area contributed by atoms with E-state index in [1.807, 2.05) is 32.0 Å². The summed E-state index contributed by atoms with van der Waals surface area (Å²) in [5, 5.41) is 4.39. The van der Waals surface area contributed by atoms with Crippen LogP contribution in [0.2, 0.25) is 0 Å². The minimum atomic E-state index is -0.932. The topological polar surface area (TPSA) is 115 Å². The molecule has 0 bridgehead atoms. The maximum Gasteiger partial charge on any atom is 0.338 e. The van der Waals surface area contributed by atoms with Crippen molar-refractivity contribution < 1.29 is 28.8 Å². The lowest BCUT2D eigenvalue weighted by Crippen LogP contribution is -2.39. The van der Waals surface area contributed by atoms with Crippen molar-refractivity contribution in [1.82, 2.24) is 15.4 Å². The number of hydrogen-bond acceptors (Lipinski definition) is 9. The number of carbonyl (C=O) groups excluding carboxylic acids is 4. The number of aromatic nitrogens is 1. The molecule has 11 heteroatoms. The monoisotopic (exact) mass is 511 g/mol. The maximum atomic E-state index is 12.4. The number of imide groups is 1. The fraction of sp³-hybridized carbons (Fsp3) is 0.609. The minimum absolute atomic E-state index is 0.0141. The summed E-state index contributed by atoms with van der Waals surface area (Å²) in [7, 11) is 3.14. The molecule has 1 aliphatic rings. The van der Waals surface area contributed by atoms with Crippen molar-refractivity contribution in [3.05, 3.63) is 24.4 Å². The van der Waals surface area contributed by atoms with E-state index in [0.717, 1.165) is 5.03 Å². The molecular weight excluding hydrogens is 478 g/mol. The van der Waals surface area contributed by atoms with Gasteiger partial charge in [0, 0.05) is 44.4 Å². The van der Waals surface area contributed by atoms with Crippen LogP contribution in [0.3, 0.4) is 0 Å². The van der Waals surface area contributed by atoms with Crippen molar-refractivity contribution in [1.29, 1.82) is 0 Å². The normalized spacial score (nSPS) is 14.4. The fourth-order valence-electron chi connectivity index (χ4n) is 2.85. The van der Waals surface area contributed by atoms with Crippen LogP contribution in [-0.2, 0) is 28.8 Å². The second-order valence-corrected chi connectivity index (χ2v) is 11.6. The number of pyridine rings is 1. The summed E-state index contributed by atoms with van der Waals surface area (Å²) in [5.41, 5.74) is -1.43. The van der Waals surface area contributed by atoms with Gasteiger partial charge in [-0.3, -0.25) is 14.4 Å². The van der Waals surface area contributed by atoms with Gasteiger partial charge >= 0.3 is 5.97 Å². The Morgan fingerprint density at radius 1 is 1.12 bits per heavy atom. The lowest BCUT2D eigenvalue weighted by atomic mass is 9.90. The Morgan fingerprint density at radius 3 is 2.47 bits per heavy atom. The first-order chi connectivity index (χ1) is 16.0. The fourth-order valence-corrected chi connectivity index (χ4v) is 4.71. The number of rotatable bonds is 14. The van der Waals surface area contributed by atoms with Crippen LogP contribution in [0, 0.1) is 5.41 Å². The Kier molecular flexibility index (Phi) is 10.8. The van der Waals surface area contributed by atoms with Gasteiger partial charge in [-0.2, -0.15) is 0 Å². The van der Waals surface area contributed by atoms with Crippen molar-refractivity contribution in [2.24, 2.45) is 5.41 Å². The molecule has 1 N–H and O–H groups in total. The van der Waals surface area contributed by atoms with Crippen molar-refractivity contribution in [2.75, 3.05) is 18.9 Å². The first-order valence-corrected chi connectivity index (χ1v) is 13.5. The number of ether oxygens (including phenoxy) is 1. The summed E-state index contributed by atoms with van der Waals surface area (Å²) in [5.74, 6) is -0.978. The summed E-state index contributed by atoms with van der Waals surface area (Å²) in [6.45, 7) is 7.97. The van der Waals surface area contributed by atoms with E-state index in [2.05, 4.69) is 10.3 Å². The van der Waals surface area contributed by atoms with E-state index in [4.69, 9.17) is 9.57 Å². The zero-order chi connectivity index (χ0) is 25.2. The molecule has 1 aliphatic heterocycles. The van der Waals surface area contributed by atoms with Crippen molar-refractivity contribution in [2.45, 2.75) is 70.4 Å². The van der Waals surface area contributed by atoms with E-state index in [-0.39, 0.29) is 25.4 Å². The van der Waals surface area contributed by atoms with Crippen LogP contribution < -0.4 is 5.32 Å². The molecule has 1 saturated heterocycles. The average molecular weight is 512 g/mol. The third-order valence-electron chi connectivity index (χ3n) is 5.20. The largest absolute Gasteiger partial charge is 0.375 e. The van der Waals surface area contributed by atoms with Gasteiger partial charge in [-0.05, 0) is 63.5 Å². The molecule has 0 spiro atoms. The van der Waals surface area contributed by atoms with Gasteiger partial charge in [0.25, 0.3) is 11.8 Å². The van der Waals surface area contributed by atoms with Gasteiger partial charge in [-0.25, -0.2) is 9.78 Å².